The number of hydrogen-bond donors (Lipinski definition) is 1. The van der Waals surface area contributed by atoms with Gasteiger partial charge in [-0.3, -0.25) is 4.79 Å². The summed E-state index contributed by atoms with van der Waals surface area (Å²) in [6.07, 6.45) is 5.05. The van der Waals surface area contributed by atoms with Crippen LogP contribution in [0.3, 0.4) is 0 Å². The Labute approximate surface area is 101 Å². The van der Waals surface area contributed by atoms with Crippen LogP contribution in [0, 0.1) is 26.2 Å². The zero-order chi connectivity index (χ0) is 12.0. The van der Waals surface area contributed by atoms with Gasteiger partial charge in [0.2, 0.25) is 5.91 Å². The summed E-state index contributed by atoms with van der Waals surface area (Å²) in [6.45, 7) is 4.44. The van der Waals surface area contributed by atoms with Crippen LogP contribution in [0.15, 0.2) is 23.1 Å². The van der Waals surface area contributed by atoms with E-state index < -0.39 is 0 Å². The molecule has 0 saturated carbocycles. The summed E-state index contributed by atoms with van der Waals surface area (Å²) in [5.74, 6) is 2.75. The SMILES string of the molecule is C#CCNC(=O)CSc1ccc(C)c(C)c1. The number of benzene rings is 1. The summed E-state index contributed by atoms with van der Waals surface area (Å²) in [5, 5.41) is 2.63. The smallest absolute Gasteiger partial charge is 0.231 e. The maximum atomic E-state index is 11.3. The maximum Gasteiger partial charge on any atom is 0.231 e. The number of terminal acetylenes is 1. The molecular formula is C13H15NOS. The second-order valence-electron chi connectivity index (χ2n) is 3.52. The maximum absolute atomic E-state index is 11.3. The summed E-state index contributed by atoms with van der Waals surface area (Å²) < 4.78 is 0. The van der Waals surface area contributed by atoms with E-state index in [1.807, 2.05) is 6.07 Å². The topological polar surface area (TPSA) is 29.1 Å². The molecule has 16 heavy (non-hydrogen) atoms. The van der Waals surface area contributed by atoms with Crippen LogP contribution in [0.2, 0.25) is 0 Å². The molecule has 1 aromatic carbocycles. The molecule has 0 atom stereocenters. The Kier molecular flexibility index (Phi) is 4.94. The third-order valence-corrected chi connectivity index (χ3v) is 3.23. The first-order valence-corrected chi connectivity index (χ1v) is 6.02. The predicted molar refractivity (Wildman–Crippen MR) is 68.5 cm³/mol. The lowest BCUT2D eigenvalue weighted by Crippen LogP contribution is -2.25. The Morgan fingerprint density at radius 3 is 2.81 bits per heavy atom. The van der Waals surface area contributed by atoms with Gasteiger partial charge in [0.25, 0.3) is 0 Å². The van der Waals surface area contributed by atoms with Crippen molar-refractivity contribution >= 4 is 17.7 Å². The third kappa shape index (κ3) is 4.00. The van der Waals surface area contributed by atoms with Gasteiger partial charge in [0.15, 0.2) is 0 Å². The molecule has 0 saturated heterocycles. The van der Waals surface area contributed by atoms with Crippen LogP contribution in [-0.2, 0) is 4.79 Å². The molecule has 0 unspecified atom stereocenters. The van der Waals surface area contributed by atoms with Crippen molar-refractivity contribution in [3.05, 3.63) is 29.3 Å². The van der Waals surface area contributed by atoms with Gasteiger partial charge in [-0.2, -0.15) is 0 Å². The Morgan fingerprint density at radius 1 is 1.44 bits per heavy atom. The van der Waals surface area contributed by atoms with Crippen molar-refractivity contribution in [3.8, 4) is 12.3 Å². The van der Waals surface area contributed by atoms with Crippen LogP contribution < -0.4 is 5.32 Å². The lowest BCUT2D eigenvalue weighted by molar-refractivity contribution is -0.118. The summed E-state index contributed by atoms with van der Waals surface area (Å²) >= 11 is 1.52. The van der Waals surface area contributed by atoms with Crippen LogP contribution in [0.1, 0.15) is 11.1 Å². The number of carbonyl (C=O) groups excluding carboxylic acids is 1. The van der Waals surface area contributed by atoms with Gasteiger partial charge < -0.3 is 5.32 Å². The highest BCUT2D eigenvalue weighted by atomic mass is 32.2. The molecule has 0 heterocycles. The van der Waals surface area contributed by atoms with Crippen molar-refractivity contribution in [2.45, 2.75) is 18.7 Å². The molecule has 0 bridgehead atoms. The minimum atomic E-state index is -0.0267. The van der Waals surface area contributed by atoms with E-state index in [0.717, 1.165) is 4.90 Å². The second kappa shape index (κ2) is 6.24. The summed E-state index contributed by atoms with van der Waals surface area (Å²) in [4.78, 5) is 12.4. The first-order chi connectivity index (χ1) is 7.63. The van der Waals surface area contributed by atoms with Crippen LogP contribution in [0.4, 0.5) is 0 Å². The number of rotatable bonds is 4. The van der Waals surface area contributed by atoms with E-state index in [2.05, 4.69) is 37.2 Å². The molecular weight excluding hydrogens is 218 g/mol. The highest BCUT2D eigenvalue weighted by Gasteiger charge is 2.02. The van der Waals surface area contributed by atoms with E-state index in [1.54, 1.807) is 0 Å². The summed E-state index contributed by atoms with van der Waals surface area (Å²) in [5.41, 5.74) is 2.51. The third-order valence-electron chi connectivity index (χ3n) is 2.24. The average Bonchev–Trinajstić information content (AvgIpc) is 2.28. The van der Waals surface area contributed by atoms with Crippen LogP contribution in [0.25, 0.3) is 0 Å². The van der Waals surface area contributed by atoms with Gasteiger partial charge >= 0.3 is 0 Å². The Morgan fingerprint density at radius 2 is 2.19 bits per heavy atom. The first-order valence-electron chi connectivity index (χ1n) is 5.03. The van der Waals surface area contributed by atoms with Gasteiger partial charge in [0.1, 0.15) is 0 Å². The molecule has 2 nitrogen and oxygen atoms in total. The molecule has 0 fully saturated rings. The van der Waals surface area contributed by atoms with E-state index in [-0.39, 0.29) is 5.91 Å². The predicted octanol–water partition coefficient (Wildman–Crippen LogP) is 2.14. The van der Waals surface area contributed by atoms with Gasteiger partial charge in [0, 0.05) is 4.90 Å². The van der Waals surface area contributed by atoms with E-state index in [4.69, 9.17) is 6.42 Å². The number of hydrogen-bond acceptors (Lipinski definition) is 2. The first kappa shape index (κ1) is 12.7. The molecule has 1 aromatic rings. The van der Waals surface area contributed by atoms with Gasteiger partial charge in [-0.25, -0.2) is 0 Å². The second-order valence-corrected chi connectivity index (χ2v) is 4.56. The molecule has 1 N–H and O–H groups in total. The number of amides is 1. The number of carbonyl (C=O) groups is 1. The molecule has 0 aliphatic rings. The van der Waals surface area contributed by atoms with E-state index in [0.29, 0.717) is 12.3 Å². The van der Waals surface area contributed by atoms with E-state index in [9.17, 15) is 4.79 Å². The van der Waals surface area contributed by atoms with Gasteiger partial charge in [-0.15, -0.1) is 18.2 Å². The van der Waals surface area contributed by atoms with Crippen molar-refractivity contribution in [1.82, 2.24) is 5.32 Å². The Balaban J connectivity index is 2.46. The summed E-state index contributed by atoms with van der Waals surface area (Å²) in [6, 6.07) is 6.19. The largest absolute Gasteiger partial charge is 0.344 e. The number of nitrogens with one attached hydrogen (secondary N) is 1. The Bertz CT molecular complexity index is 420. The fraction of sp³-hybridized carbons (Fsp3) is 0.308. The quantitative estimate of drug-likeness (QED) is 0.637. The summed E-state index contributed by atoms with van der Waals surface area (Å²) in [7, 11) is 0. The Hall–Kier alpha value is -1.40. The molecule has 0 aliphatic heterocycles. The molecule has 0 aliphatic carbocycles. The number of thioether (sulfide) groups is 1. The molecule has 0 radical (unpaired) electrons. The fourth-order valence-corrected chi connectivity index (χ4v) is 1.98. The number of aryl methyl sites for hydroxylation is 2. The highest BCUT2D eigenvalue weighted by molar-refractivity contribution is 8.00. The minimum absolute atomic E-state index is 0.0267. The standard InChI is InChI=1S/C13H15NOS/c1-4-7-14-13(15)9-16-12-6-5-10(2)11(3)8-12/h1,5-6,8H,7,9H2,2-3H3,(H,14,15). The minimum Gasteiger partial charge on any atom is -0.344 e. The lowest BCUT2D eigenvalue weighted by atomic mass is 10.1. The molecule has 3 heteroatoms. The zero-order valence-electron chi connectivity index (χ0n) is 9.54. The van der Waals surface area contributed by atoms with Crippen molar-refractivity contribution in [2.75, 3.05) is 12.3 Å². The monoisotopic (exact) mass is 233 g/mol. The van der Waals surface area contributed by atoms with Crippen molar-refractivity contribution in [1.29, 1.82) is 0 Å². The average molecular weight is 233 g/mol. The van der Waals surface area contributed by atoms with E-state index >= 15 is 0 Å². The van der Waals surface area contributed by atoms with Crippen molar-refractivity contribution in [3.63, 3.8) is 0 Å². The highest BCUT2D eigenvalue weighted by Crippen LogP contribution is 2.20. The van der Waals surface area contributed by atoms with Crippen molar-refractivity contribution < 1.29 is 4.79 Å². The van der Waals surface area contributed by atoms with Crippen LogP contribution in [0.5, 0.6) is 0 Å². The van der Waals surface area contributed by atoms with E-state index in [1.165, 1.54) is 22.9 Å². The molecule has 1 rings (SSSR count). The zero-order valence-corrected chi connectivity index (χ0v) is 10.4. The lowest BCUT2D eigenvalue weighted by Gasteiger charge is -2.05. The van der Waals surface area contributed by atoms with Gasteiger partial charge in [-0.1, -0.05) is 12.0 Å². The normalized spacial score (nSPS) is 9.56. The van der Waals surface area contributed by atoms with Gasteiger partial charge in [0.05, 0.1) is 12.3 Å². The molecule has 0 aromatic heterocycles. The molecule has 84 valence electrons. The van der Waals surface area contributed by atoms with Crippen LogP contribution in [-0.4, -0.2) is 18.2 Å². The van der Waals surface area contributed by atoms with Crippen LogP contribution >= 0.6 is 11.8 Å². The van der Waals surface area contributed by atoms with Gasteiger partial charge in [-0.05, 0) is 37.1 Å². The molecule has 0 spiro atoms. The van der Waals surface area contributed by atoms with Crippen molar-refractivity contribution in [2.24, 2.45) is 0 Å². The fourth-order valence-electron chi connectivity index (χ4n) is 1.15. The molecule has 1 amide bonds.